The Morgan fingerprint density at radius 1 is 0.944 bits per heavy atom. The predicted octanol–water partition coefficient (Wildman–Crippen LogP) is 5.45. The standard InChI is InChI=1S/C18H24/c1-14(13-18(2,3)4)12-16-10-7-9-15-8-5-6-11-17(15)16/h5-11,14H,12-13H2,1-4H3. The summed E-state index contributed by atoms with van der Waals surface area (Å²) in [5.74, 6) is 0.732. The molecule has 1 atom stereocenters. The Labute approximate surface area is 111 Å². The van der Waals surface area contributed by atoms with E-state index in [1.165, 1.54) is 29.2 Å². The molecular formula is C18H24. The van der Waals surface area contributed by atoms with E-state index < -0.39 is 0 Å². The lowest BCUT2D eigenvalue weighted by molar-refractivity contribution is 0.306. The molecule has 0 heteroatoms. The highest BCUT2D eigenvalue weighted by molar-refractivity contribution is 5.85. The van der Waals surface area contributed by atoms with Crippen LogP contribution in [0, 0.1) is 11.3 Å². The quantitative estimate of drug-likeness (QED) is 0.668. The first kappa shape index (κ1) is 13.1. The first-order valence-corrected chi connectivity index (χ1v) is 6.92. The summed E-state index contributed by atoms with van der Waals surface area (Å²) in [6.07, 6.45) is 2.45. The molecular weight excluding hydrogens is 216 g/mol. The van der Waals surface area contributed by atoms with Crippen LogP contribution in [0.25, 0.3) is 10.8 Å². The summed E-state index contributed by atoms with van der Waals surface area (Å²) in [5, 5.41) is 2.78. The number of hydrogen-bond donors (Lipinski definition) is 0. The number of fused-ring (bicyclic) bond motifs is 1. The van der Waals surface area contributed by atoms with Crippen LogP contribution in [0.15, 0.2) is 42.5 Å². The van der Waals surface area contributed by atoms with E-state index in [2.05, 4.69) is 70.2 Å². The number of rotatable bonds is 3. The lowest BCUT2D eigenvalue weighted by Crippen LogP contribution is -2.12. The molecule has 0 N–H and O–H groups in total. The molecule has 0 radical (unpaired) electrons. The summed E-state index contributed by atoms with van der Waals surface area (Å²) >= 11 is 0. The molecule has 0 saturated heterocycles. The monoisotopic (exact) mass is 240 g/mol. The molecule has 0 nitrogen and oxygen atoms in total. The number of benzene rings is 2. The molecule has 0 aliphatic heterocycles. The second-order valence-electron chi connectivity index (χ2n) is 6.71. The van der Waals surface area contributed by atoms with E-state index >= 15 is 0 Å². The molecule has 2 aromatic rings. The lowest BCUT2D eigenvalue weighted by atomic mass is 9.82. The van der Waals surface area contributed by atoms with E-state index in [1.54, 1.807) is 0 Å². The van der Waals surface area contributed by atoms with Gasteiger partial charge in [-0.1, -0.05) is 70.2 Å². The van der Waals surface area contributed by atoms with Gasteiger partial charge in [-0.25, -0.2) is 0 Å². The Balaban J connectivity index is 2.21. The van der Waals surface area contributed by atoms with Crippen molar-refractivity contribution in [2.75, 3.05) is 0 Å². The molecule has 2 rings (SSSR count). The van der Waals surface area contributed by atoms with Crippen LogP contribution in [0.2, 0.25) is 0 Å². The van der Waals surface area contributed by atoms with Gasteiger partial charge in [0.1, 0.15) is 0 Å². The van der Waals surface area contributed by atoms with Gasteiger partial charge in [0.05, 0.1) is 0 Å². The summed E-state index contributed by atoms with van der Waals surface area (Å²) in [7, 11) is 0. The highest BCUT2D eigenvalue weighted by Crippen LogP contribution is 2.28. The van der Waals surface area contributed by atoms with Gasteiger partial charge in [0.2, 0.25) is 0 Å². The van der Waals surface area contributed by atoms with Crippen molar-refractivity contribution in [3.8, 4) is 0 Å². The predicted molar refractivity (Wildman–Crippen MR) is 80.9 cm³/mol. The Kier molecular flexibility index (Phi) is 3.75. The molecule has 1 unspecified atom stereocenters. The summed E-state index contributed by atoms with van der Waals surface area (Å²) < 4.78 is 0. The zero-order chi connectivity index (χ0) is 13.2. The van der Waals surface area contributed by atoms with Crippen molar-refractivity contribution < 1.29 is 0 Å². The smallest absolute Gasteiger partial charge is 0.0152 e. The van der Waals surface area contributed by atoms with Crippen molar-refractivity contribution in [1.82, 2.24) is 0 Å². The molecule has 96 valence electrons. The second-order valence-corrected chi connectivity index (χ2v) is 6.71. The van der Waals surface area contributed by atoms with E-state index in [0.29, 0.717) is 5.41 Å². The fourth-order valence-corrected chi connectivity index (χ4v) is 2.96. The summed E-state index contributed by atoms with van der Waals surface area (Å²) in [6.45, 7) is 9.35. The molecule has 0 fully saturated rings. The Morgan fingerprint density at radius 2 is 1.61 bits per heavy atom. The largest absolute Gasteiger partial charge is 0.0622 e. The maximum absolute atomic E-state index is 2.37. The van der Waals surface area contributed by atoms with Crippen molar-refractivity contribution >= 4 is 10.8 Å². The third kappa shape index (κ3) is 3.35. The Morgan fingerprint density at radius 3 is 2.33 bits per heavy atom. The van der Waals surface area contributed by atoms with Crippen LogP contribution in [0.1, 0.15) is 39.7 Å². The van der Waals surface area contributed by atoms with Crippen LogP contribution in [0.3, 0.4) is 0 Å². The zero-order valence-corrected chi connectivity index (χ0v) is 12.0. The minimum Gasteiger partial charge on any atom is -0.0622 e. The third-order valence-electron chi connectivity index (χ3n) is 3.41. The van der Waals surface area contributed by atoms with Crippen molar-refractivity contribution in [3.05, 3.63) is 48.0 Å². The van der Waals surface area contributed by atoms with Gasteiger partial charge in [0.25, 0.3) is 0 Å². The van der Waals surface area contributed by atoms with Crippen LogP contribution < -0.4 is 0 Å². The van der Waals surface area contributed by atoms with Crippen LogP contribution >= 0.6 is 0 Å². The molecule has 0 aliphatic carbocycles. The zero-order valence-electron chi connectivity index (χ0n) is 12.0. The fraction of sp³-hybridized carbons (Fsp3) is 0.444. The van der Waals surface area contributed by atoms with Gasteiger partial charge in [0, 0.05) is 0 Å². The van der Waals surface area contributed by atoms with E-state index in [0.717, 1.165) is 5.92 Å². The number of hydrogen-bond acceptors (Lipinski definition) is 0. The van der Waals surface area contributed by atoms with Gasteiger partial charge in [-0.2, -0.15) is 0 Å². The van der Waals surface area contributed by atoms with Gasteiger partial charge in [-0.3, -0.25) is 0 Å². The Bertz CT molecular complexity index is 512. The molecule has 0 saturated carbocycles. The topological polar surface area (TPSA) is 0 Å². The average molecular weight is 240 g/mol. The molecule has 2 aromatic carbocycles. The normalized spacial score (nSPS) is 13.8. The molecule has 18 heavy (non-hydrogen) atoms. The first-order valence-electron chi connectivity index (χ1n) is 6.92. The van der Waals surface area contributed by atoms with E-state index in [-0.39, 0.29) is 0 Å². The van der Waals surface area contributed by atoms with Gasteiger partial charge in [-0.15, -0.1) is 0 Å². The maximum Gasteiger partial charge on any atom is -0.0152 e. The van der Waals surface area contributed by atoms with Gasteiger partial charge < -0.3 is 0 Å². The van der Waals surface area contributed by atoms with Crippen LogP contribution in [-0.2, 0) is 6.42 Å². The molecule has 0 amide bonds. The highest BCUT2D eigenvalue weighted by Gasteiger charge is 2.16. The molecule has 0 bridgehead atoms. The molecule has 0 aromatic heterocycles. The third-order valence-corrected chi connectivity index (χ3v) is 3.41. The molecule has 0 spiro atoms. The van der Waals surface area contributed by atoms with E-state index in [4.69, 9.17) is 0 Å². The van der Waals surface area contributed by atoms with Crippen molar-refractivity contribution in [2.24, 2.45) is 11.3 Å². The van der Waals surface area contributed by atoms with Crippen molar-refractivity contribution in [1.29, 1.82) is 0 Å². The SMILES string of the molecule is CC(Cc1cccc2ccccc12)CC(C)(C)C. The van der Waals surface area contributed by atoms with Gasteiger partial charge in [-0.05, 0) is 40.5 Å². The minimum absolute atomic E-state index is 0.421. The average Bonchev–Trinajstić information content (AvgIpc) is 2.27. The van der Waals surface area contributed by atoms with Gasteiger partial charge in [0.15, 0.2) is 0 Å². The van der Waals surface area contributed by atoms with Crippen molar-refractivity contribution in [2.45, 2.75) is 40.5 Å². The highest BCUT2D eigenvalue weighted by atomic mass is 14.2. The maximum atomic E-state index is 2.37. The Hall–Kier alpha value is -1.30. The van der Waals surface area contributed by atoms with Gasteiger partial charge >= 0.3 is 0 Å². The first-order chi connectivity index (χ1) is 8.46. The lowest BCUT2D eigenvalue weighted by Gasteiger charge is -2.23. The van der Waals surface area contributed by atoms with Crippen LogP contribution in [-0.4, -0.2) is 0 Å². The fourth-order valence-electron chi connectivity index (χ4n) is 2.96. The molecule has 0 aliphatic rings. The van der Waals surface area contributed by atoms with E-state index in [9.17, 15) is 0 Å². The minimum atomic E-state index is 0.421. The summed E-state index contributed by atoms with van der Waals surface area (Å²) in [5.41, 5.74) is 1.91. The van der Waals surface area contributed by atoms with Crippen LogP contribution in [0.4, 0.5) is 0 Å². The van der Waals surface area contributed by atoms with Crippen molar-refractivity contribution in [3.63, 3.8) is 0 Å². The van der Waals surface area contributed by atoms with Crippen LogP contribution in [0.5, 0.6) is 0 Å². The summed E-state index contributed by atoms with van der Waals surface area (Å²) in [6, 6.07) is 15.4. The second kappa shape index (κ2) is 5.14. The summed E-state index contributed by atoms with van der Waals surface area (Å²) in [4.78, 5) is 0. The molecule has 0 heterocycles. The van der Waals surface area contributed by atoms with E-state index in [1.807, 2.05) is 0 Å².